The number of rotatable bonds is 5. The minimum atomic E-state index is 0.743. The maximum Gasteiger partial charge on any atom is 0.0237 e. The first kappa shape index (κ1) is 14.5. The van der Waals surface area contributed by atoms with Crippen molar-refractivity contribution in [1.29, 1.82) is 0 Å². The molecule has 1 fully saturated rings. The Kier molecular flexibility index (Phi) is 5.87. The highest BCUT2D eigenvalue weighted by Gasteiger charge is 2.19. The molecule has 1 aliphatic rings. The zero-order valence-electron chi connectivity index (χ0n) is 12.3. The van der Waals surface area contributed by atoms with Crippen molar-refractivity contribution in [1.82, 2.24) is 4.90 Å². The summed E-state index contributed by atoms with van der Waals surface area (Å²) in [5.41, 5.74) is 8.57. The quantitative estimate of drug-likeness (QED) is 0.821. The van der Waals surface area contributed by atoms with Gasteiger partial charge >= 0.3 is 0 Å². The summed E-state index contributed by atoms with van der Waals surface area (Å²) >= 11 is 0. The van der Waals surface area contributed by atoms with Crippen LogP contribution in [0.25, 0.3) is 0 Å². The normalized spacial score (nSPS) is 17.6. The highest BCUT2D eigenvalue weighted by Crippen LogP contribution is 2.23. The molecular formula is C17H28N2. The third-order valence-electron chi connectivity index (χ3n) is 4.26. The fourth-order valence-corrected chi connectivity index (χ4v) is 3.11. The van der Waals surface area contributed by atoms with Gasteiger partial charge in [0.2, 0.25) is 0 Å². The van der Waals surface area contributed by atoms with Crippen molar-refractivity contribution in [3.05, 3.63) is 35.4 Å². The predicted octanol–water partition coefficient (Wildman–Crippen LogP) is 3.48. The van der Waals surface area contributed by atoms with Gasteiger partial charge in [0, 0.05) is 25.7 Å². The van der Waals surface area contributed by atoms with Gasteiger partial charge in [0.15, 0.2) is 0 Å². The first-order valence-corrected chi connectivity index (χ1v) is 7.79. The lowest BCUT2D eigenvalue weighted by atomic mass is 10.1. The van der Waals surface area contributed by atoms with Crippen LogP contribution in [0, 0.1) is 6.92 Å². The highest BCUT2D eigenvalue weighted by molar-refractivity contribution is 5.21. The average molecular weight is 260 g/mol. The number of benzene rings is 1. The minimum Gasteiger partial charge on any atom is -0.329 e. The second-order valence-electron chi connectivity index (χ2n) is 5.89. The molecule has 2 N–H and O–H groups in total. The van der Waals surface area contributed by atoms with Gasteiger partial charge in [-0.1, -0.05) is 55.5 Å². The van der Waals surface area contributed by atoms with Gasteiger partial charge in [-0.2, -0.15) is 0 Å². The number of hydrogen-bond acceptors (Lipinski definition) is 2. The maximum absolute atomic E-state index is 5.81. The van der Waals surface area contributed by atoms with Crippen LogP contribution in [-0.4, -0.2) is 24.0 Å². The summed E-state index contributed by atoms with van der Waals surface area (Å²) < 4.78 is 0. The van der Waals surface area contributed by atoms with Crippen molar-refractivity contribution in [2.24, 2.45) is 5.73 Å². The Balaban J connectivity index is 1.99. The minimum absolute atomic E-state index is 0.743. The predicted molar refractivity (Wildman–Crippen MR) is 82.1 cm³/mol. The van der Waals surface area contributed by atoms with E-state index in [0.29, 0.717) is 0 Å². The van der Waals surface area contributed by atoms with Crippen molar-refractivity contribution in [2.75, 3.05) is 13.1 Å². The van der Waals surface area contributed by atoms with E-state index in [1.165, 1.54) is 49.7 Å². The standard InChI is InChI=1S/C17H28N2/c1-15-8-10-16(11-9-15)14-19(13-12-18)17-6-4-2-3-5-7-17/h8-11,17H,2-7,12-14,18H2,1H3. The maximum atomic E-state index is 5.81. The van der Waals surface area contributed by atoms with Gasteiger partial charge in [-0.3, -0.25) is 4.90 Å². The van der Waals surface area contributed by atoms with E-state index in [-0.39, 0.29) is 0 Å². The number of hydrogen-bond donors (Lipinski definition) is 1. The lowest BCUT2D eigenvalue weighted by molar-refractivity contribution is 0.175. The summed E-state index contributed by atoms with van der Waals surface area (Å²) in [6.45, 7) is 5.00. The largest absolute Gasteiger partial charge is 0.329 e. The Morgan fingerprint density at radius 2 is 1.68 bits per heavy atom. The van der Waals surface area contributed by atoms with Crippen LogP contribution in [0.5, 0.6) is 0 Å². The molecule has 2 rings (SSSR count). The van der Waals surface area contributed by atoms with E-state index in [1.807, 2.05) is 0 Å². The van der Waals surface area contributed by atoms with Gasteiger partial charge in [0.25, 0.3) is 0 Å². The van der Waals surface area contributed by atoms with Gasteiger partial charge < -0.3 is 5.73 Å². The Morgan fingerprint density at radius 1 is 1.05 bits per heavy atom. The van der Waals surface area contributed by atoms with E-state index < -0.39 is 0 Å². The molecule has 0 amide bonds. The fraction of sp³-hybridized carbons (Fsp3) is 0.647. The molecule has 19 heavy (non-hydrogen) atoms. The summed E-state index contributed by atoms with van der Waals surface area (Å²) in [4.78, 5) is 2.61. The van der Waals surface area contributed by atoms with Crippen LogP contribution in [0.15, 0.2) is 24.3 Å². The van der Waals surface area contributed by atoms with E-state index in [1.54, 1.807) is 0 Å². The lowest BCUT2D eigenvalue weighted by Crippen LogP contribution is -2.38. The van der Waals surface area contributed by atoms with Crippen molar-refractivity contribution < 1.29 is 0 Å². The highest BCUT2D eigenvalue weighted by atomic mass is 15.2. The molecule has 0 bridgehead atoms. The molecule has 1 aliphatic carbocycles. The van der Waals surface area contributed by atoms with Crippen LogP contribution in [0.1, 0.15) is 49.7 Å². The summed E-state index contributed by atoms with van der Waals surface area (Å²) in [5.74, 6) is 0. The molecule has 2 nitrogen and oxygen atoms in total. The molecule has 0 heterocycles. The lowest BCUT2D eigenvalue weighted by Gasteiger charge is -2.31. The van der Waals surface area contributed by atoms with Gasteiger partial charge in [-0.25, -0.2) is 0 Å². The van der Waals surface area contributed by atoms with E-state index >= 15 is 0 Å². The number of nitrogens with two attached hydrogens (primary N) is 1. The van der Waals surface area contributed by atoms with Crippen LogP contribution in [0.4, 0.5) is 0 Å². The molecule has 0 atom stereocenters. The topological polar surface area (TPSA) is 29.3 Å². The molecule has 0 radical (unpaired) electrons. The Bertz CT molecular complexity index is 350. The summed E-state index contributed by atoms with van der Waals surface area (Å²) in [5, 5.41) is 0. The van der Waals surface area contributed by atoms with Crippen LogP contribution in [0.2, 0.25) is 0 Å². The third kappa shape index (κ3) is 4.63. The van der Waals surface area contributed by atoms with E-state index in [9.17, 15) is 0 Å². The van der Waals surface area contributed by atoms with E-state index in [4.69, 9.17) is 5.73 Å². The molecule has 1 saturated carbocycles. The summed E-state index contributed by atoms with van der Waals surface area (Å²) in [6, 6.07) is 9.68. The van der Waals surface area contributed by atoms with Crippen LogP contribution >= 0.6 is 0 Å². The molecule has 1 aromatic rings. The first-order valence-electron chi connectivity index (χ1n) is 7.79. The molecule has 106 valence electrons. The van der Waals surface area contributed by atoms with E-state index in [2.05, 4.69) is 36.1 Å². The fourth-order valence-electron chi connectivity index (χ4n) is 3.11. The molecule has 0 saturated heterocycles. The zero-order chi connectivity index (χ0) is 13.5. The van der Waals surface area contributed by atoms with Crippen molar-refractivity contribution in [3.8, 4) is 0 Å². The van der Waals surface area contributed by atoms with Crippen LogP contribution < -0.4 is 5.73 Å². The van der Waals surface area contributed by atoms with E-state index in [0.717, 1.165) is 25.7 Å². The Morgan fingerprint density at radius 3 is 2.26 bits per heavy atom. The second-order valence-corrected chi connectivity index (χ2v) is 5.89. The molecule has 1 aromatic carbocycles. The molecular weight excluding hydrogens is 232 g/mol. The van der Waals surface area contributed by atoms with Crippen molar-refractivity contribution in [3.63, 3.8) is 0 Å². The molecule has 0 aromatic heterocycles. The monoisotopic (exact) mass is 260 g/mol. The second kappa shape index (κ2) is 7.66. The Hall–Kier alpha value is -0.860. The molecule has 0 unspecified atom stereocenters. The van der Waals surface area contributed by atoms with Crippen LogP contribution in [0.3, 0.4) is 0 Å². The summed E-state index contributed by atoms with van der Waals surface area (Å²) in [6.07, 6.45) is 8.31. The Labute approximate surface area is 118 Å². The molecule has 0 aliphatic heterocycles. The van der Waals surface area contributed by atoms with Gasteiger partial charge in [0.1, 0.15) is 0 Å². The van der Waals surface area contributed by atoms with Crippen LogP contribution in [-0.2, 0) is 6.54 Å². The molecule has 2 heteroatoms. The van der Waals surface area contributed by atoms with Gasteiger partial charge in [-0.05, 0) is 25.3 Å². The summed E-state index contributed by atoms with van der Waals surface area (Å²) in [7, 11) is 0. The smallest absolute Gasteiger partial charge is 0.0237 e. The molecule has 0 spiro atoms. The van der Waals surface area contributed by atoms with Crippen molar-refractivity contribution in [2.45, 2.75) is 58.0 Å². The first-order chi connectivity index (χ1) is 9.29. The van der Waals surface area contributed by atoms with Crippen molar-refractivity contribution >= 4 is 0 Å². The number of aryl methyl sites for hydroxylation is 1. The van der Waals surface area contributed by atoms with Gasteiger partial charge in [0.05, 0.1) is 0 Å². The SMILES string of the molecule is Cc1ccc(CN(CCN)C2CCCCCC2)cc1. The zero-order valence-corrected chi connectivity index (χ0v) is 12.3. The third-order valence-corrected chi connectivity index (χ3v) is 4.26. The van der Waals surface area contributed by atoms with Gasteiger partial charge in [-0.15, -0.1) is 0 Å². The average Bonchev–Trinajstić information content (AvgIpc) is 2.70. The number of nitrogens with zero attached hydrogens (tertiary/aromatic N) is 1.